The molecule has 1 aliphatic rings. The number of nitro groups is 1. The number of piperazine rings is 1. The molecule has 0 spiro atoms. The number of nitrogens with zero attached hydrogens (tertiary/aromatic N) is 5. The zero-order chi connectivity index (χ0) is 20.5. The zero-order valence-electron chi connectivity index (χ0n) is 15.8. The molecule has 0 saturated carbocycles. The molecule has 1 aliphatic heterocycles. The summed E-state index contributed by atoms with van der Waals surface area (Å²) in [6, 6.07) is 10.6. The van der Waals surface area contributed by atoms with Crippen LogP contribution >= 0.6 is 0 Å². The number of fused-ring (bicyclic) bond motifs is 1. The third-order valence-corrected chi connectivity index (χ3v) is 5.23. The van der Waals surface area contributed by atoms with Gasteiger partial charge in [0.1, 0.15) is 5.69 Å². The summed E-state index contributed by atoms with van der Waals surface area (Å²) in [6.07, 6.45) is 3.13. The molecule has 3 heterocycles. The van der Waals surface area contributed by atoms with Crippen molar-refractivity contribution in [2.24, 2.45) is 7.05 Å². The van der Waals surface area contributed by atoms with Crippen LogP contribution in [-0.4, -0.2) is 51.5 Å². The average Bonchev–Trinajstić information content (AvgIpc) is 2.76. The minimum Gasteiger partial charge on any atom is -0.362 e. The summed E-state index contributed by atoms with van der Waals surface area (Å²) in [5.74, 6) is -0.124. The minimum atomic E-state index is -0.641. The molecular formula is C20H19N5O4. The zero-order valence-corrected chi connectivity index (χ0v) is 15.8. The number of benzene rings is 1. The van der Waals surface area contributed by atoms with E-state index in [2.05, 4.69) is 4.98 Å². The molecule has 3 aromatic rings. The molecule has 4 rings (SSSR count). The standard InChI is InChI=1S/C20H19N5O4/c1-22-16-7-3-2-6-15(16)17(18(20(22)27)25(28)29)23-9-11-24(12-10-23)19(26)14-5-4-8-21-13-14/h2-8,13H,9-12H2,1H3. The van der Waals surface area contributed by atoms with Crippen LogP contribution in [-0.2, 0) is 7.05 Å². The summed E-state index contributed by atoms with van der Waals surface area (Å²) in [7, 11) is 1.53. The van der Waals surface area contributed by atoms with Crippen LogP contribution in [0.5, 0.6) is 0 Å². The van der Waals surface area contributed by atoms with Gasteiger partial charge in [-0.1, -0.05) is 18.2 Å². The van der Waals surface area contributed by atoms with Crippen LogP contribution in [0.4, 0.5) is 11.4 Å². The summed E-state index contributed by atoms with van der Waals surface area (Å²) in [6.45, 7) is 1.58. The van der Waals surface area contributed by atoms with E-state index < -0.39 is 16.2 Å². The fraction of sp³-hybridized carbons (Fsp3) is 0.250. The molecule has 1 fully saturated rings. The molecule has 1 amide bonds. The van der Waals surface area contributed by atoms with Crippen LogP contribution < -0.4 is 10.5 Å². The predicted octanol–water partition coefficient (Wildman–Crippen LogP) is 1.80. The van der Waals surface area contributed by atoms with Gasteiger partial charge in [-0.25, -0.2) is 0 Å². The van der Waals surface area contributed by atoms with Crippen molar-refractivity contribution in [3.05, 3.63) is 74.8 Å². The predicted molar refractivity (Wildman–Crippen MR) is 108 cm³/mol. The molecular weight excluding hydrogens is 374 g/mol. The molecule has 0 radical (unpaired) electrons. The molecule has 0 bridgehead atoms. The topological polar surface area (TPSA) is 102 Å². The van der Waals surface area contributed by atoms with Gasteiger partial charge in [-0.3, -0.25) is 24.7 Å². The van der Waals surface area contributed by atoms with Gasteiger partial charge in [0.25, 0.3) is 5.91 Å². The van der Waals surface area contributed by atoms with E-state index in [4.69, 9.17) is 0 Å². The van der Waals surface area contributed by atoms with Gasteiger partial charge in [0, 0.05) is 51.0 Å². The summed E-state index contributed by atoms with van der Waals surface area (Å²) >= 11 is 0. The summed E-state index contributed by atoms with van der Waals surface area (Å²) in [5.41, 5.74) is 0.385. The minimum absolute atomic E-state index is 0.124. The monoisotopic (exact) mass is 393 g/mol. The van der Waals surface area contributed by atoms with Crippen LogP contribution in [0, 0.1) is 10.1 Å². The van der Waals surface area contributed by atoms with Crippen LogP contribution in [0.15, 0.2) is 53.6 Å². The number of amides is 1. The van der Waals surface area contributed by atoms with E-state index >= 15 is 0 Å². The Morgan fingerprint density at radius 1 is 1.10 bits per heavy atom. The van der Waals surface area contributed by atoms with Crippen LogP contribution in [0.2, 0.25) is 0 Å². The smallest absolute Gasteiger partial charge is 0.357 e. The maximum absolute atomic E-state index is 12.7. The van der Waals surface area contributed by atoms with Gasteiger partial charge >= 0.3 is 11.2 Å². The lowest BCUT2D eigenvalue weighted by atomic mass is 10.1. The molecule has 29 heavy (non-hydrogen) atoms. The van der Waals surface area contributed by atoms with Crippen molar-refractivity contribution in [2.75, 3.05) is 31.1 Å². The third kappa shape index (κ3) is 3.20. The van der Waals surface area contributed by atoms with Gasteiger partial charge in [0.15, 0.2) is 0 Å². The first-order valence-corrected chi connectivity index (χ1v) is 9.19. The molecule has 0 aliphatic carbocycles. The summed E-state index contributed by atoms with van der Waals surface area (Å²) in [5, 5.41) is 12.4. The van der Waals surface area contributed by atoms with Crippen molar-refractivity contribution in [3.8, 4) is 0 Å². The van der Waals surface area contributed by atoms with Crippen molar-refractivity contribution in [1.82, 2.24) is 14.5 Å². The number of hydrogen-bond acceptors (Lipinski definition) is 6. The van der Waals surface area contributed by atoms with Gasteiger partial charge < -0.3 is 14.4 Å². The number of aromatic nitrogens is 2. The number of para-hydroxylation sites is 1. The van der Waals surface area contributed by atoms with E-state index in [1.165, 1.54) is 17.8 Å². The lowest BCUT2D eigenvalue weighted by Crippen LogP contribution is -2.49. The molecule has 1 aromatic carbocycles. The fourth-order valence-electron chi connectivity index (χ4n) is 3.75. The number of pyridine rings is 2. The van der Waals surface area contributed by atoms with Crippen molar-refractivity contribution < 1.29 is 9.72 Å². The normalized spacial score (nSPS) is 14.2. The van der Waals surface area contributed by atoms with Crippen molar-refractivity contribution in [1.29, 1.82) is 0 Å². The Balaban J connectivity index is 1.69. The molecule has 9 nitrogen and oxygen atoms in total. The third-order valence-electron chi connectivity index (χ3n) is 5.23. The fourth-order valence-corrected chi connectivity index (χ4v) is 3.75. The van der Waals surface area contributed by atoms with Gasteiger partial charge in [-0.2, -0.15) is 0 Å². The van der Waals surface area contributed by atoms with Crippen molar-refractivity contribution in [2.45, 2.75) is 0 Å². The Morgan fingerprint density at radius 2 is 1.83 bits per heavy atom. The maximum atomic E-state index is 12.7. The van der Waals surface area contributed by atoms with E-state index in [-0.39, 0.29) is 5.91 Å². The van der Waals surface area contributed by atoms with Gasteiger partial charge in [0.2, 0.25) is 0 Å². The highest BCUT2D eigenvalue weighted by Gasteiger charge is 2.31. The van der Waals surface area contributed by atoms with Crippen LogP contribution in [0.25, 0.3) is 10.9 Å². The lowest BCUT2D eigenvalue weighted by Gasteiger charge is -2.36. The van der Waals surface area contributed by atoms with Crippen LogP contribution in [0.3, 0.4) is 0 Å². The second-order valence-electron chi connectivity index (χ2n) is 6.86. The number of carbonyl (C=O) groups is 1. The van der Waals surface area contributed by atoms with Gasteiger partial charge in [0.05, 0.1) is 16.0 Å². The summed E-state index contributed by atoms with van der Waals surface area (Å²) < 4.78 is 1.30. The Bertz CT molecular complexity index is 1150. The lowest BCUT2D eigenvalue weighted by molar-refractivity contribution is -0.385. The van der Waals surface area contributed by atoms with E-state index in [9.17, 15) is 19.7 Å². The van der Waals surface area contributed by atoms with Crippen LogP contribution in [0.1, 0.15) is 10.4 Å². The van der Waals surface area contributed by atoms with E-state index in [1.54, 1.807) is 47.5 Å². The summed E-state index contributed by atoms with van der Waals surface area (Å²) in [4.78, 5) is 43.9. The molecule has 0 atom stereocenters. The molecule has 148 valence electrons. The number of aryl methyl sites for hydroxylation is 1. The van der Waals surface area contributed by atoms with E-state index in [1.807, 2.05) is 4.90 Å². The second kappa shape index (κ2) is 7.34. The highest BCUT2D eigenvalue weighted by Crippen LogP contribution is 2.33. The van der Waals surface area contributed by atoms with Crippen molar-refractivity contribution in [3.63, 3.8) is 0 Å². The number of hydrogen-bond donors (Lipinski definition) is 0. The number of anilines is 1. The number of rotatable bonds is 3. The Kier molecular flexibility index (Phi) is 4.71. The largest absolute Gasteiger partial charge is 0.362 e. The number of carbonyl (C=O) groups excluding carboxylic acids is 1. The van der Waals surface area contributed by atoms with E-state index in [0.29, 0.717) is 48.3 Å². The van der Waals surface area contributed by atoms with E-state index in [0.717, 1.165) is 0 Å². The quantitative estimate of drug-likeness (QED) is 0.497. The molecule has 0 unspecified atom stereocenters. The molecule has 9 heteroatoms. The first-order valence-electron chi connectivity index (χ1n) is 9.19. The SMILES string of the molecule is Cn1c(=O)c([N+](=O)[O-])c(N2CCN(C(=O)c3cccnc3)CC2)c2ccccc21. The Morgan fingerprint density at radius 3 is 2.48 bits per heavy atom. The van der Waals surface area contributed by atoms with Crippen molar-refractivity contribution >= 4 is 28.2 Å². The highest BCUT2D eigenvalue weighted by atomic mass is 16.6. The Labute approximate surface area is 165 Å². The molecule has 2 aromatic heterocycles. The molecule has 0 N–H and O–H groups in total. The highest BCUT2D eigenvalue weighted by molar-refractivity contribution is 5.97. The first-order chi connectivity index (χ1) is 14.0. The average molecular weight is 393 g/mol. The van der Waals surface area contributed by atoms with Gasteiger partial charge in [-0.05, 0) is 18.2 Å². The van der Waals surface area contributed by atoms with Gasteiger partial charge in [-0.15, -0.1) is 0 Å². The second-order valence-corrected chi connectivity index (χ2v) is 6.86. The molecule has 1 saturated heterocycles. The Hall–Kier alpha value is -3.75. The maximum Gasteiger partial charge on any atom is 0.357 e. The first kappa shape index (κ1) is 18.6.